The minimum Gasteiger partial charge on any atom is -0.462 e. The number of nitro benzene ring substituents is 1. The quantitative estimate of drug-likeness (QED) is 0.344. The van der Waals surface area contributed by atoms with E-state index in [-0.39, 0.29) is 35.1 Å². The van der Waals surface area contributed by atoms with Crippen LogP contribution in [0, 0.1) is 16.0 Å². The highest BCUT2D eigenvalue weighted by atomic mass is 16.6. The highest BCUT2D eigenvalue weighted by Gasteiger charge is 2.20. The van der Waals surface area contributed by atoms with Crippen LogP contribution in [-0.2, 0) is 4.74 Å². The number of ether oxygens (including phenoxy) is 2. The molecule has 0 aromatic heterocycles. The second kappa shape index (κ2) is 8.05. The molecule has 2 aromatic rings. The van der Waals surface area contributed by atoms with Gasteiger partial charge in [-0.05, 0) is 30.2 Å². The third-order valence-corrected chi connectivity index (χ3v) is 3.17. The fraction of sp³-hybridized carbons (Fsp3) is 0.222. The first-order valence-electron chi connectivity index (χ1n) is 7.61. The SMILES string of the molecule is CC(C)COC(=O)c1ccccc1C(=O)Oc1ccc([N+](=O)[O-])cc1. The third kappa shape index (κ3) is 4.87. The highest BCUT2D eigenvalue weighted by molar-refractivity contribution is 6.03. The number of nitro groups is 1. The number of non-ortho nitro benzene ring substituents is 1. The average molecular weight is 343 g/mol. The van der Waals surface area contributed by atoms with Gasteiger partial charge in [0.1, 0.15) is 5.75 Å². The van der Waals surface area contributed by atoms with Crippen LogP contribution in [0.2, 0.25) is 0 Å². The van der Waals surface area contributed by atoms with Crippen molar-refractivity contribution >= 4 is 17.6 Å². The zero-order valence-electron chi connectivity index (χ0n) is 13.8. The summed E-state index contributed by atoms with van der Waals surface area (Å²) in [5.74, 6) is -1.04. The first-order chi connectivity index (χ1) is 11.9. The number of hydrogen-bond donors (Lipinski definition) is 0. The summed E-state index contributed by atoms with van der Waals surface area (Å²) >= 11 is 0. The van der Waals surface area contributed by atoms with Crippen LogP contribution in [0.1, 0.15) is 34.6 Å². The minimum absolute atomic E-state index is 0.0645. The van der Waals surface area contributed by atoms with Gasteiger partial charge in [0.05, 0.1) is 22.7 Å². The Balaban J connectivity index is 2.16. The molecule has 0 spiro atoms. The second-order valence-corrected chi connectivity index (χ2v) is 5.68. The Morgan fingerprint density at radius 2 is 1.56 bits per heavy atom. The van der Waals surface area contributed by atoms with E-state index in [9.17, 15) is 19.7 Å². The Hall–Kier alpha value is -3.22. The summed E-state index contributed by atoms with van der Waals surface area (Å²) < 4.78 is 10.3. The van der Waals surface area contributed by atoms with E-state index in [4.69, 9.17) is 9.47 Å². The van der Waals surface area contributed by atoms with E-state index in [0.29, 0.717) is 0 Å². The smallest absolute Gasteiger partial charge is 0.344 e. The lowest BCUT2D eigenvalue weighted by Crippen LogP contribution is -2.17. The van der Waals surface area contributed by atoms with Crippen molar-refractivity contribution in [3.8, 4) is 5.75 Å². The molecule has 0 saturated carbocycles. The Morgan fingerprint density at radius 3 is 2.08 bits per heavy atom. The number of esters is 2. The molecule has 7 nitrogen and oxygen atoms in total. The zero-order chi connectivity index (χ0) is 18.4. The molecule has 0 aliphatic heterocycles. The van der Waals surface area contributed by atoms with Crippen LogP contribution in [0.4, 0.5) is 5.69 Å². The van der Waals surface area contributed by atoms with Crippen molar-refractivity contribution < 1.29 is 24.0 Å². The van der Waals surface area contributed by atoms with Crippen LogP contribution in [0.5, 0.6) is 5.75 Å². The normalized spacial score (nSPS) is 10.4. The Bertz CT molecular complexity index is 782. The van der Waals surface area contributed by atoms with Crippen LogP contribution in [0.3, 0.4) is 0 Å². The molecule has 7 heteroatoms. The molecule has 0 aliphatic rings. The maximum Gasteiger partial charge on any atom is 0.344 e. The first kappa shape index (κ1) is 18.1. The van der Waals surface area contributed by atoms with Crippen molar-refractivity contribution in [2.24, 2.45) is 5.92 Å². The number of benzene rings is 2. The Labute approximate surface area is 144 Å². The van der Waals surface area contributed by atoms with E-state index in [1.165, 1.54) is 36.4 Å². The fourth-order valence-corrected chi connectivity index (χ4v) is 1.96. The van der Waals surface area contributed by atoms with E-state index >= 15 is 0 Å². The molecule has 130 valence electrons. The molecule has 0 fully saturated rings. The maximum absolute atomic E-state index is 12.3. The molecule has 0 aliphatic carbocycles. The summed E-state index contributed by atoms with van der Waals surface area (Å²) in [6.07, 6.45) is 0. The molecule has 0 atom stereocenters. The van der Waals surface area contributed by atoms with Gasteiger partial charge in [-0.3, -0.25) is 10.1 Å². The van der Waals surface area contributed by atoms with Gasteiger partial charge in [0.15, 0.2) is 0 Å². The van der Waals surface area contributed by atoms with Gasteiger partial charge in [-0.15, -0.1) is 0 Å². The summed E-state index contributed by atoms with van der Waals surface area (Å²) in [4.78, 5) is 34.6. The molecule has 0 radical (unpaired) electrons. The second-order valence-electron chi connectivity index (χ2n) is 5.68. The fourth-order valence-electron chi connectivity index (χ4n) is 1.96. The lowest BCUT2D eigenvalue weighted by Gasteiger charge is -2.10. The number of carbonyl (C=O) groups is 2. The minimum atomic E-state index is -0.744. The lowest BCUT2D eigenvalue weighted by atomic mass is 10.1. The van der Waals surface area contributed by atoms with Gasteiger partial charge >= 0.3 is 11.9 Å². The summed E-state index contributed by atoms with van der Waals surface area (Å²) in [6, 6.07) is 11.2. The van der Waals surface area contributed by atoms with Gasteiger partial charge in [-0.2, -0.15) is 0 Å². The molecule has 0 heterocycles. The van der Waals surface area contributed by atoms with Crippen LogP contribution in [0.25, 0.3) is 0 Å². The molecule has 0 amide bonds. The van der Waals surface area contributed by atoms with Crippen LogP contribution < -0.4 is 4.74 Å². The predicted octanol–water partition coefficient (Wildman–Crippen LogP) is 3.63. The molecule has 2 aromatic carbocycles. The van der Waals surface area contributed by atoms with Gasteiger partial charge < -0.3 is 9.47 Å². The van der Waals surface area contributed by atoms with Crippen molar-refractivity contribution in [3.05, 3.63) is 69.8 Å². The summed E-state index contributed by atoms with van der Waals surface area (Å²) in [6.45, 7) is 4.05. The maximum atomic E-state index is 12.3. The first-order valence-corrected chi connectivity index (χ1v) is 7.61. The molecule has 0 saturated heterocycles. The lowest BCUT2D eigenvalue weighted by molar-refractivity contribution is -0.384. The average Bonchev–Trinajstić information content (AvgIpc) is 2.60. The number of rotatable bonds is 6. The summed E-state index contributed by atoms with van der Waals surface area (Å²) in [5, 5.41) is 10.6. The van der Waals surface area contributed by atoms with E-state index < -0.39 is 16.9 Å². The molecular weight excluding hydrogens is 326 g/mol. The Morgan fingerprint density at radius 1 is 1.00 bits per heavy atom. The molecular formula is C18H17NO6. The van der Waals surface area contributed by atoms with E-state index in [1.54, 1.807) is 12.1 Å². The van der Waals surface area contributed by atoms with Crippen molar-refractivity contribution in [2.75, 3.05) is 6.61 Å². The van der Waals surface area contributed by atoms with Crippen molar-refractivity contribution in [1.82, 2.24) is 0 Å². The van der Waals surface area contributed by atoms with Gasteiger partial charge in [0.2, 0.25) is 0 Å². The third-order valence-electron chi connectivity index (χ3n) is 3.17. The standard InChI is InChI=1S/C18H17NO6/c1-12(2)11-24-17(20)15-5-3-4-6-16(15)18(21)25-14-9-7-13(8-10-14)19(22)23/h3-10,12H,11H2,1-2H3. The summed E-state index contributed by atoms with van der Waals surface area (Å²) in [7, 11) is 0. The van der Waals surface area contributed by atoms with Gasteiger partial charge in [-0.1, -0.05) is 26.0 Å². The molecule has 25 heavy (non-hydrogen) atoms. The van der Waals surface area contributed by atoms with Crippen molar-refractivity contribution in [1.29, 1.82) is 0 Å². The predicted molar refractivity (Wildman–Crippen MR) is 89.6 cm³/mol. The number of nitrogens with zero attached hydrogens (tertiary/aromatic N) is 1. The number of carbonyl (C=O) groups excluding carboxylic acids is 2. The van der Waals surface area contributed by atoms with Crippen LogP contribution in [-0.4, -0.2) is 23.5 Å². The molecule has 0 unspecified atom stereocenters. The summed E-state index contributed by atoms with van der Waals surface area (Å²) in [5.41, 5.74) is 0.0575. The Kier molecular flexibility index (Phi) is 5.84. The van der Waals surface area contributed by atoms with Crippen molar-refractivity contribution in [3.63, 3.8) is 0 Å². The molecule has 0 bridgehead atoms. The largest absolute Gasteiger partial charge is 0.462 e. The van der Waals surface area contributed by atoms with Gasteiger partial charge in [0.25, 0.3) is 5.69 Å². The number of hydrogen-bond acceptors (Lipinski definition) is 6. The zero-order valence-corrected chi connectivity index (χ0v) is 13.8. The molecule has 2 rings (SSSR count). The van der Waals surface area contributed by atoms with Gasteiger partial charge in [0, 0.05) is 12.1 Å². The van der Waals surface area contributed by atoms with Gasteiger partial charge in [-0.25, -0.2) is 9.59 Å². The van der Waals surface area contributed by atoms with Crippen molar-refractivity contribution in [2.45, 2.75) is 13.8 Å². The monoisotopic (exact) mass is 343 g/mol. The van der Waals surface area contributed by atoms with E-state index in [1.807, 2.05) is 13.8 Å². The highest BCUT2D eigenvalue weighted by Crippen LogP contribution is 2.20. The van der Waals surface area contributed by atoms with Crippen LogP contribution in [0.15, 0.2) is 48.5 Å². The molecule has 0 N–H and O–H groups in total. The van der Waals surface area contributed by atoms with E-state index in [0.717, 1.165) is 0 Å². The topological polar surface area (TPSA) is 95.7 Å². The van der Waals surface area contributed by atoms with Crippen LogP contribution >= 0.6 is 0 Å². The van der Waals surface area contributed by atoms with E-state index in [2.05, 4.69) is 0 Å².